The van der Waals surface area contributed by atoms with Crippen molar-refractivity contribution in [3.05, 3.63) is 66.2 Å². The van der Waals surface area contributed by atoms with E-state index in [0.29, 0.717) is 6.54 Å². The van der Waals surface area contributed by atoms with Gasteiger partial charge < -0.3 is 9.64 Å². The number of carbonyl (C=O) groups excluding carboxylic acids is 1. The molecular formula is C18H19NO2. The second-order valence-electron chi connectivity index (χ2n) is 5.31. The van der Waals surface area contributed by atoms with Crippen LogP contribution >= 0.6 is 0 Å². The second kappa shape index (κ2) is 6.44. The number of likely N-dealkylation sites (tertiary alicyclic amines) is 1. The van der Waals surface area contributed by atoms with E-state index in [1.165, 1.54) is 0 Å². The number of piperidine rings is 1. The van der Waals surface area contributed by atoms with Crippen molar-refractivity contribution >= 4 is 5.91 Å². The van der Waals surface area contributed by atoms with Crippen molar-refractivity contribution in [1.82, 2.24) is 4.90 Å². The molecule has 108 valence electrons. The molecule has 2 aromatic carbocycles. The molecule has 0 spiro atoms. The van der Waals surface area contributed by atoms with Gasteiger partial charge in [-0.1, -0.05) is 36.4 Å². The molecule has 0 aromatic heterocycles. The third-order valence-corrected chi connectivity index (χ3v) is 3.73. The molecule has 3 nitrogen and oxygen atoms in total. The minimum Gasteiger partial charge on any atom is -0.489 e. The van der Waals surface area contributed by atoms with Crippen LogP contribution in [0.15, 0.2) is 60.7 Å². The number of rotatable bonds is 3. The van der Waals surface area contributed by atoms with Gasteiger partial charge in [0.2, 0.25) is 0 Å². The summed E-state index contributed by atoms with van der Waals surface area (Å²) in [6.07, 6.45) is 2.05. The molecule has 0 radical (unpaired) electrons. The summed E-state index contributed by atoms with van der Waals surface area (Å²) in [6, 6.07) is 19.3. The molecule has 0 bridgehead atoms. The Bertz CT molecular complexity index is 583. The van der Waals surface area contributed by atoms with Gasteiger partial charge in [0.05, 0.1) is 6.54 Å². The van der Waals surface area contributed by atoms with Crippen molar-refractivity contribution in [2.24, 2.45) is 0 Å². The molecule has 0 saturated carbocycles. The van der Waals surface area contributed by atoms with Gasteiger partial charge in [-0.25, -0.2) is 0 Å². The van der Waals surface area contributed by atoms with Crippen molar-refractivity contribution in [3.63, 3.8) is 0 Å². The molecule has 3 rings (SSSR count). The Morgan fingerprint density at radius 3 is 2.38 bits per heavy atom. The fraction of sp³-hybridized carbons (Fsp3) is 0.278. The molecule has 1 heterocycles. The highest BCUT2D eigenvalue weighted by atomic mass is 16.5. The van der Waals surface area contributed by atoms with Crippen LogP contribution in [0.3, 0.4) is 0 Å². The zero-order valence-electron chi connectivity index (χ0n) is 11.9. The zero-order chi connectivity index (χ0) is 14.5. The van der Waals surface area contributed by atoms with E-state index < -0.39 is 0 Å². The quantitative estimate of drug-likeness (QED) is 0.863. The molecule has 3 heteroatoms. The Hall–Kier alpha value is -2.29. The standard InChI is InChI=1S/C18H19NO2/c20-18(15-8-3-1-4-9-15)19-13-7-12-17(14-19)21-16-10-5-2-6-11-16/h1-6,8-11,17H,7,12-14H2. The molecule has 1 amide bonds. The van der Waals surface area contributed by atoms with Gasteiger partial charge >= 0.3 is 0 Å². The molecule has 2 aromatic rings. The zero-order valence-corrected chi connectivity index (χ0v) is 11.9. The Kier molecular flexibility index (Phi) is 4.20. The van der Waals surface area contributed by atoms with Gasteiger partial charge in [0.25, 0.3) is 5.91 Å². The number of benzene rings is 2. The van der Waals surface area contributed by atoms with Crippen LogP contribution in [0, 0.1) is 0 Å². The number of para-hydroxylation sites is 1. The average Bonchev–Trinajstić information content (AvgIpc) is 2.56. The minimum atomic E-state index is 0.0776. The summed E-state index contributed by atoms with van der Waals surface area (Å²) in [5.41, 5.74) is 0.748. The van der Waals surface area contributed by atoms with Gasteiger partial charge in [0.15, 0.2) is 0 Å². The van der Waals surface area contributed by atoms with Crippen LogP contribution in [0.2, 0.25) is 0 Å². The summed E-state index contributed by atoms with van der Waals surface area (Å²) in [5, 5.41) is 0. The highest BCUT2D eigenvalue weighted by Gasteiger charge is 2.25. The van der Waals surface area contributed by atoms with Crippen LogP contribution < -0.4 is 4.74 Å². The highest BCUT2D eigenvalue weighted by Crippen LogP contribution is 2.19. The van der Waals surface area contributed by atoms with Crippen molar-refractivity contribution in [2.45, 2.75) is 18.9 Å². The molecule has 1 saturated heterocycles. The molecule has 1 atom stereocenters. The first kappa shape index (κ1) is 13.7. The molecule has 21 heavy (non-hydrogen) atoms. The third-order valence-electron chi connectivity index (χ3n) is 3.73. The molecule has 1 aliphatic heterocycles. The summed E-state index contributed by atoms with van der Waals surface area (Å²) < 4.78 is 5.98. The summed E-state index contributed by atoms with van der Waals surface area (Å²) >= 11 is 0. The fourth-order valence-electron chi connectivity index (χ4n) is 2.67. The predicted molar refractivity (Wildman–Crippen MR) is 82.4 cm³/mol. The fourth-order valence-corrected chi connectivity index (χ4v) is 2.67. The van der Waals surface area contributed by atoms with Gasteiger partial charge in [-0.15, -0.1) is 0 Å². The van der Waals surface area contributed by atoms with Gasteiger partial charge in [-0.05, 0) is 37.1 Å². The molecule has 1 aliphatic rings. The molecule has 1 unspecified atom stereocenters. The first-order valence-electron chi connectivity index (χ1n) is 7.39. The van der Waals surface area contributed by atoms with Crippen molar-refractivity contribution in [1.29, 1.82) is 0 Å². The van der Waals surface area contributed by atoms with E-state index in [4.69, 9.17) is 4.74 Å². The number of hydrogen-bond acceptors (Lipinski definition) is 2. The lowest BCUT2D eigenvalue weighted by Crippen LogP contribution is -2.44. The van der Waals surface area contributed by atoms with Crippen LogP contribution in [-0.4, -0.2) is 30.0 Å². The van der Waals surface area contributed by atoms with Gasteiger partial charge in [0.1, 0.15) is 11.9 Å². The van der Waals surface area contributed by atoms with Crippen molar-refractivity contribution in [2.75, 3.05) is 13.1 Å². The van der Waals surface area contributed by atoms with Crippen LogP contribution in [0.5, 0.6) is 5.75 Å². The monoisotopic (exact) mass is 281 g/mol. The Morgan fingerprint density at radius 2 is 1.67 bits per heavy atom. The molecule has 0 aliphatic carbocycles. The van der Waals surface area contributed by atoms with Crippen LogP contribution in [0.25, 0.3) is 0 Å². The lowest BCUT2D eigenvalue weighted by atomic mass is 10.1. The Balaban J connectivity index is 1.64. The van der Waals surface area contributed by atoms with Crippen LogP contribution in [0.1, 0.15) is 23.2 Å². The van der Waals surface area contributed by atoms with E-state index in [9.17, 15) is 4.79 Å². The van der Waals surface area contributed by atoms with E-state index in [-0.39, 0.29) is 12.0 Å². The van der Waals surface area contributed by atoms with E-state index in [1.807, 2.05) is 65.6 Å². The Morgan fingerprint density at radius 1 is 1.00 bits per heavy atom. The topological polar surface area (TPSA) is 29.5 Å². The molecular weight excluding hydrogens is 262 g/mol. The third kappa shape index (κ3) is 3.43. The predicted octanol–water partition coefficient (Wildman–Crippen LogP) is 3.37. The summed E-state index contributed by atoms with van der Waals surface area (Å²) in [4.78, 5) is 14.4. The second-order valence-corrected chi connectivity index (χ2v) is 5.31. The number of amides is 1. The van der Waals surface area contributed by atoms with Crippen LogP contribution in [-0.2, 0) is 0 Å². The van der Waals surface area contributed by atoms with Crippen molar-refractivity contribution < 1.29 is 9.53 Å². The maximum Gasteiger partial charge on any atom is 0.253 e. The summed E-state index contributed by atoms with van der Waals surface area (Å²) in [6.45, 7) is 1.46. The number of nitrogens with zero attached hydrogens (tertiary/aromatic N) is 1. The largest absolute Gasteiger partial charge is 0.489 e. The normalized spacial score (nSPS) is 18.3. The maximum atomic E-state index is 12.5. The lowest BCUT2D eigenvalue weighted by Gasteiger charge is -2.33. The Labute approximate surface area is 125 Å². The lowest BCUT2D eigenvalue weighted by molar-refractivity contribution is 0.0538. The maximum absolute atomic E-state index is 12.5. The summed E-state index contributed by atoms with van der Waals surface area (Å²) in [5.74, 6) is 0.966. The molecule has 0 N–H and O–H groups in total. The van der Waals surface area contributed by atoms with Crippen molar-refractivity contribution in [3.8, 4) is 5.75 Å². The highest BCUT2D eigenvalue weighted by molar-refractivity contribution is 5.94. The first-order chi connectivity index (χ1) is 10.3. The smallest absolute Gasteiger partial charge is 0.253 e. The number of ether oxygens (including phenoxy) is 1. The molecule has 1 fully saturated rings. The SMILES string of the molecule is O=C(c1ccccc1)N1CCCC(Oc2ccccc2)C1. The van der Waals surface area contributed by atoms with E-state index in [2.05, 4.69) is 0 Å². The number of hydrogen-bond donors (Lipinski definition) is 0. The van der Waals surface area contributed by atoms with Crippen LogP contribution in [0.4, 0.5) is 0 Å². The first-order valence-corrected chi connectivity index (χ1v) is 7.39. The number of carbonyl (C=O) groups is 1. The average molecular weight is 281 g/mol. The summed E-state index contributed by atoms with van der Waals surface area (Å²) in [7, 11) is 0. The van der Waals surface area contributed by atoms with E-state index in [0.717, 1.165) is 30.7 Å². The van der Waals surface area contributed by atoms with Gasteiger partial charge in [-0.3, -0.25) is 4.79 Å². The minimum absolute atomic E-state index is 0.0776. The van der Waals surface area contributed by atoms with E-state index >= 15 is 0 Å². The van der Waals surface area contributed by atoms with Gasteiger partial charge in [0, 0.05) is 12.1 Å². The van der Waals surface area contributed by atoms with Gasteiger partial charge in [-0.2, -0.15) is 0 Å². The van der Waals surface area contributed by atoms with E-state index in [1.54, 1.807) is 0 Å².